The predicted molar refractivity (Wildman–Crippen MR) is 70.8 cm³/mol. The monoisotopic (exact) mass is 243 g/mol. The number of benzene rings is 1. The normalized spacial score (nSPS) is 10.4. The third kappa shape index (κ3) is 2.69. The number of hydrogen-bond donors (Lipinski definition) is 2. The second-order valence-corrected chi connectivity index (χ2v) is 4.21. The lowest BCUT2D eigenvalue weighted by atomic mass is 9.79. The number of hydrogen-bond acceptors (Lipinski definition) is 3. The Morgan fingerprint density at radius 3 is 2.56 bits per heavy atom. The van der Waals surface area contributed by atoms with Gasteiger partial charge in [0, 0.05) is 11.8 Å². The fraction of sp³-hybridized carbons (Fsp3) is 0.154. The molecule has 2 rings (SSSR count). The molecule has 1 aromatic heterocycles. The molecule has 0 aliphatic carbocycles. The molecular formula is C13H14BNO3. The van der Waals surface area contributed by atoms with E-state index < -0.39 is 7.12 Å². The number of rotatable bonds is 3. The van der Waals surface area contributed by atoms with Crippen LogP contribution in [0, 0.1) is 6.92 Å². The van der Waals surface area contributed by atoms with Gasteiger partial charge in [0.15, 0.2) is 0 Å². The molecule has 4 nitrogen and oxygen atoms in total. The van der Waals surface area contributed by atoms with Crippen LogP contribution in [0.1, 0.15) is 11.3 Å². The van der Waals surface area contributed by atoms with Crippen molar-refractivity contribution in [1.82, 2.24) is 4.57 Å². The van der Waals surface area contributed by atoms with Crippen LogP contribution in [-0.2, 0) is 6.54 Å². The zero-order valence-electron chi connectivity index (χ0n) is 10.1. The zero-order valence-corrected chi connectivity index (χ0v) is 10.1. The minimum atomic E-state index is -1.49. The van der Waals surface area contributed by atoms with E-state index in [0.29, 0.717) is 12.0 Å². The largest absolute Gasteiger partial charge is 0.488 e. The lowest BCUT2D eigenvalue weighted by molar-refractivity contribution is 0.425. The predicted octanol–water partition coefficient (Wildman–Crippen LogP) is -0.115. The van der Waals surface area contributed by atoms with Crippen molar-refractivity contribution in [3.63, 3.8) is 0 Å². The summed E-state index contributed by atoms with van der Waals surface area (Å²) in [7, 11) is -1.49. The van der Waals surface area contributed by atoms with Gasteiger partial charge < -0.3 is 14.6 Å². The van der Waals surface area contributed by atoms with Crippen LogP contribution >= 0.6 is 0 Å². The lowest BCUT2D eigenvalue weighted by Crippen LogP contribution is -2.30. The summed E-state index contributed by atoms with van der Waals surface area (Å²) in [6.45, 7) is 2.29. The number of pyridine rings is 1. The maximum atomic E-state index is 11.7. The molecule has 1 aromatic carbocycles. The van der Waals surface area contributed by atoms with E-state index in [-0.39, 0.29) is 5.56 Å². The van der Waals surface area contributed by atoms with Crippen molar-refractivity contribution in [1.29, 1.82) is 0 Å². The van der Waals surface area contributed by atoms with Gasteiger partial charge >= 0.3 is 7.12 Å². The second-order valence-electron chi connectivity index (χ2n) is 4.21. The standard InChI is InChI=1S/C13H14BNO3/c1-10-4-2-7-13(16)15(10)9-11-5-3-6-12(8-11)14(17)18/h2-8,17-18H,9H2,1H3. The Kier molecular flexibility index (Phi) is 3.65. The van der Waals surface area contributed by atoms with Gasteiger partial charge in [-0.3, -0.25) is 4.79 Å². The maximum absolute atomic E-state index is 11.7. The van der Waals surface area contributed by atoms with E-state index in [1.54, 1.807) is 28.8 Å². The van der Waals surface area contributed by atoms with E-state index in [1.807, 2.05) is 19.1 Å². The number of aromatic nitrogens is 1. The maximum Gasteiger partial charge on any atom is 0.488 e. The molecule has 0 bridgehead atoms. The first-order valence-electron chi connectivity index (χ1n) is 5.69. The summed E-state index contributed by atoms with van der Waals surface area (Å²) in [6, 6.07) is 12.0. The van der Waals surface area contributed by atoms with Crippen LogP contribution in [0.2, 0.25) is 0 Å². The highest BCUT2D eigenvalue weighted by molar-refractivity contribution is 6.58. The summed E-state index contributed by atoms with van der Waals surface area (Å²) >= 11 is 0. The molecule has 0 saturated heterocycles. The van der Waals surface area contributed by atoms with Gasteiger partial charge in [0.1, 0.15) is 0 Å². The van der Waals surface area contributed by atoms with E-state index in [9.17, 15) is 4.79 Å². The van der Waals surface area contributed by atoms with Gasteiger partial charge in [0.05, 0.1) is 6.54 Å². The highest BCUT2D eigenvalue weighted by atomic mass is 16.4. The first-order valence-corrected chi connectivity index (χ1v) is 5.69. The van der Waals surface area contributed by atoms with Gasteiger partial charge in [-0.25, -0.2) is 0 Å². The van der Waals surface area contributed by atoms with Crippen molar-refractivity contribution in [2.24, 2.45) is 0 Å². The number of aryl methyl sites for hydroxylation is 1. The Balaban J connectivity index is 2.34. The van der Waals surface area contributed by atoms with E-state index in [0.717, 1.165) is 11.3 Å². The molecule has 2 N–H and O–H groups in total. The summed E-state index contributed by atoms with van der Waals surface area (Å²) in [6.07, 6.45) is 0. The Bertz CT molecular complexity index is 607. The first-order chi connectivity index (χ1) is 8.58. The fourth-order valence-electron chi connectivity index (χ4n) is 1.86. The summed E-state index contributed by atoms with van der Waals surface area (Å²) in [5.41, 5.74) is 2.09. The summed E-state index contributed by atoms with van der Waals surface area (Å²) < 4.78 is 1.64. The van der Waals surface area contributed by atoms with Crippen molar-refractivity contribution in [2.75, 3.05) is 0 Å². The van der Waals surface area contributed by atoms with Gasteiger partial charge in [0.25, 0.3) is 5.56 Å². The molecule has 92 valence electrons. The van der Waals surface area contributed by atoms with Gasteiger partial charge in [-0.2, -0.15) is 0 Å². The Morgan fingerprint density at radius 2 is 1.89 bits per heavy atom. The van der Waals surface area contributed by atoms with Crippen molar-refractivity contribution >= 4 is 12.6 Å². The zero-order chi connectivity index (χ0) is 13.1. The highest BCUT2D eigenvalue weighted by Gasteiger charge is 2.11. The molecule has 0 saturated carbocycles. The SMILES string of the molecule is Cc1cccc(=O)n1Cc1cccc(B(O)O)c1. The van der Waals surface area contributed by atoms with Gasteiger partial charge in [-0.05, 0) is 24.0 Å². The molecule has 1 heterocycles. The molecule has 0 atom stereocenters. The van der Waals surface area contributed by atoms with E-state index >= 15 is 0 Å². The Hall–Kier alpha value is -1.85. The smallest absolute Gasteiger partial charge is 0.423 e. The molecule has 0 radical (unpaired) electrons. The molecule has 18 heavy (non-hydrogen) atoms. The van der Waals surface area contributed by atoms with Gasteiger partial charge in [-0.1, -0.05) is 30.3 Å². The first kappa shape index (κ1) is 12.6. The fourth-order valence-corrected chi connectivity index (χ4v) is 1.86. The highest BCUT2D eigenvalue weighted by Crippen LogP contribution is 2.02. The summed E-state index contributed by atoms with van der Waals surface area (Å²) in [5.74, 6) is 0. The molecular weight excluding hydrogens is 229 g/mol. The van der Waals surface area contributed by atoms with Crippen LogP contribution in [-0.4, -0.2) is 21.7 Å². The van der Waals surface area contributed by atoms with E-state index in [4.69, 9.17) is 10.0 Å². The van der Waals surface area contributed by atoms with Crippen molar-refractivity contribution in [3.8, 4) is 0 Å². The van der Waals surface area contributed by atoms with Crippen molar-refractivity contribution in [3.05, 3.63) is 64.1 Å². The second kappa shape index (κ2) is 5.20. The van der Waals surface area contributed by atoms with Crippen LogP contribution in [0.3, 0.4) is 0 Å². The van der Waals surface area contributed by atoms with Crippen LogP contribution in [0.5, 0.6) is 0 Å². The molecule has 0 amide bonds. The Labute approximate surface area is 105 Å². The molecule has 0 unspecified atom stereocenters. The molecule has 0 aliphatic rings. The van der Waals surface area contributed by atoms with Gasteiger partial charge in [-0.15, -0.1) is 0 Å². The lowest BCUT2D eigenvalue weighted by Gasteiger charge is -2.10. The number of nitrogens with zero attached hydrogens (tertiary/aromatic N) is 1. The van der Waals surface area contributed by atoms with Crippen molar-refractivity contribution in [2.45, 2.75) is 13.5 Å². The average Bonchev–Trinajstić information content (AvgIpc) is 2.34. The van der Waals surface area contributed by atoms with Crippen molar-refractivity contribution < 1.29 is 10.0 Å². The third-order valence-electron chi connectivity index (χ3n) is 2.86. The topological polar surface area (TPSA) is 62.5 Å². The minimum absolute atomic E-state index is 0.0649. The average molecular weight is 243 g/mol. The molecule has 5 heteroatoms. The summed E-state index contributed by atoms with van der Waals surface area (Å²) in [5, 5.41) is 18.2. The van der Waals surface area contributed by atoms with Crippen LogP contribution in [0.15, 0.2) is 47.3 Å². The molecule has 2 aromatic rings. The van der Waals surface area contributed by atoms with Crippen LogP contribution < -0.4 is 11.0 Å². The summed E-state index contributed by atoms with van der Waals surface area (Å²) in [4.78, 5) is 11.7. The quantitative estimate of drug-likeness (QED) is 0.739. The Morgan fingerprint density at radius 1 is 1.17 bits per heavy atom. The van der Waals surface area contributed by atoms with Gasteiger partial charge in [0.2, 0.25) is 0 Å². The molecule has 0 aliphatic heterocycles. The van der Waals surface area contributed by atoms with E-state index in [1.165, 1.54) is 6.07 Å². The molecule has 0 fully saturated rings. The van der Waals surface area contributed by atoms with Crippen LogP contribution in [0.25, 0.3) is 0 Å². The third-order valence-corrected chi connectivity index (χ3v) is 2.86. The minimum Gasteiger partial charge on any atom is -0.423 e. The van der Waals surface area contributed by atoms with Crippen LogP contribution in [0.4, 0.5) is 0 Å². The molecule has 0 spiro atoms. The van der Waals surface area contributed by atoms with E-state index in [2.05, 4.69) is 0 Å².